The first-order valence-electron chi connectivity index (χ1n) is 8.83. The number of carbonyl (C=O) groups is 1. The molecule has 7 heteroatoms. The predicted octanol–water partition coefficient (Wildman–Crippen LogP) is 2.29. The van der Waals surface area contributed by atoms with Gasteiger partial charge in [0.2, 0.25) is 0 Å². The molecule has 6 nitrogen and oxygen atoms in total. The zero-order valence-corrected chi connectivity index (χ0v) is 15.9. The Morgan fingerprint density at radius 2 is 1.92 bits per heavy atom. The van der Waals surface area contributed by atoms with Gasteiger partial charge in [-0.2, -0.15) is 5.10 Å². The molecule has 0 radical (unpaired) electrons. The van der Waals surface area contributed by atoms with Crippen LogP contribution < -0.4 is 5.32 Å². The molecule has 0 aliphatic carbocycles. The van der Waals surface area contributed by atoms with Crippen molar-refractivity contribution in [2.24, 2.45) is 5.41 Å². The molecule has 2 saturated heterocycles. The van der Waals surface area contributed by atoms with E-state index in [0.717, 1.165) is 56.1 Å². The van der Waals surface area contributed by atoms with E-state index in [-0.39, 0.29) is 18.3 Å². The van der Waals surface area contributed by atoms with Crippen LogP contribution in [0.4, 0.5) is 0 Å². The smallest absolute Gasteiger partial charge is 0.259 e. The van der Waals surface area contributed by atoms with Gasteiger partial charge in [0.1, 0.15) is 5.56 Å². The Labute approximate surface area is 154 Å². The first-order chi connectivity index (χ1) is 11.5. The molecule has 0 unspecified atom stereocenters. The Morgan fingerprint density at radius 1 is 1.20 bits per heavy atom. The number of carbonyl (C=O) groups excluding carboxylic acids is 1. The number of fused-ring (bicyclic) bond motifs is 1. The van der Waals surface area contributed by atoms with E-state index in [2.05, 4.69) is 15.4 Å². The first kappa shape index (κ1) is 18.1. The Kier molecular flexibility index (Phi) is 4.77. The number of piperidine rings is 1. The molecule has 2 aliphatic rings. The average Bonchev–Trinajstić information content (AvgIpc) is 3.12. The van der Waals surface area contributed by atoms with Crippen LogP contribution in [-0.2, 0) is 0 Å². The highest BCUT2D eigenvalue weighted by molar-refractivity contribution is 6.01. The molecular weight excluding hydrogens is 338 g/mol. The maximum absolute atomic E-state index is 13.1. The maximum Gasteiger partial charge on any atom is 0.259 e. The third-order valence-electron chi connectivity index (χ3n) is 5.73. The standard InChI is InChI=1S/C18H25N5O.ClH/c1-12-10-13(2)23-16(20-12)15(14(3)21-23)17(24)22-8-5-18(6-9-22)4-7-19-11-18;/h10,19H,4-9,11H2,1-3H3;1H. The van der Waals surface area contributed by atoms with Crippen molar-refractivity contribution in [1.82, 2.24) is 24.8 Å². The second-order valence-electron chi connectivity index (χ2n) is 7.45. The number of hydrogen-bond acceptors (Lipinski definition) is 4. The number of rotatable bonds is 1. The summed E-state index contributed by atoms with van der Waals surface area (Å²) in [4.78, 5) is 19.7. The minimum Gasteiger partial charge on any atom is -0.338 e. The average molecular weight is 364 g/mol. The molecular formula is C18H26ClN5O. The minimum atomic E-state index is 0. The molecule has 0 atom stereocenters. The summed E-state index contributed by atoms with van der Waals surface area (Å²) in [6.07, 6.45) is 3.43. The third kappa shape index (κ3) is 3.02. The molecule has 1 spiro atoms. The summed E-state index contributed by atoms with van der Waals surface area (Å²) in [5.41, 5.74) is 4.47. The van der Waals surface area contributed by atoms with Crippen molar-refractivity contribution < 1.29 is 4.79 Å². The van der Waals surface area contributed by atoms with E-state index in [1.54, 1.807) is 4.52 Å². The van der Waals surface area contributed by atoms with Gasteiger partial charge in [-0.15, -0.1) is 12.4 Å². The van der Waals surface area contributed by atoms with Gasteiger partial charge in [0.15, 0.2) is 5.65 Å². The van der Waals surface area contributed by atoms with Gasteiger partial charge in [0.25, 0.3) is 5.91 Å². The van der Waals surface area contributed by atoms with Gasteiger partial charge < -0.3 is 10.2 Å². The largest absolute Gasteiger partial charge is 0.338 e. The number of hydrogen-bond donors (Lipinski definition) is 1. The number of likely N-dealkylation sites (tertiary alicyclic amines) is 1. The molecule has 2 aromatic rings. The molecule has 1 N–H and O–H groups in total. The Hall–Kier alpha value is -1.66. The van der Waals surface area contributed by atoms with Gasteiger partial charge in [-0.25, -0.2) is 9.50 Å². The van der Waals surface area contributed by atoms with E-state index in [1.807, 2.05) is 31.7 Å². The van der Waals surface area contributed by atoms with E-state index in [1.165, 1.54) is 6.42 Å². The van der Waals surface area contributed by atoms with E-state index in [0.29, 0.717) is 16.6 Å². The molecule has 136 valence electrons. The number of nitrogens with zero attached hydrogens (tertiary/aromatic N) is 4. The lowest BCUT2D eigenvalue weighted by atomic mass is 9.78. The SMILES string of the molecule is Cc1cc(C)n2nc(C)c(C(=O)N3CCC4(CCNC4)CC3)c2n1.Cl. The molecule has 0 aromatic carbocycles. The molecule has 0 saturated carbocycles. The fraction of sp³-hybridized carbons (Fsp3) is 0.611. The van der Waals surface area contributed by atoms with Gasteiger partial charge in [-0.1, -0.05) is 0 Å². The van der Waals surface area contributed by atoms with Gasteiger partial charge >= 0.3 is 0 Å². The molecule has 0 bridgehead atoms. The highest BCUT2D eigenvalue weighted by Gasteiger charge is 2.39. The van der Waals surface area contributed by atoms with Crippen LogP contribution in [0, 0.1) is 26.2 Å². The Bertz CT molecular complexity index is 799. The third-order valence-corrected chi connectivity index (χ3v) is 5.73. The van der Waals surface area contributed by atoms with Gasteiger partial charge in [-0.05, 0) is 58.1 Å². The van der Waals surface area contributed by atoms with Crippen LogP contribution in [0.25, 0.3) is 5.65 Å². The molecule has 2 fully saturated rings. The highest BCUT2D eigenvalue weighted by atomic mass is 35.5. The van der Waals surface area contributed by atoms with E-state index in [4.69, 9.17) is 0 Å². The second kappa shape index (κ2) is 6.57. The summed E-state index contributed by atoms with van der Waals surface area (Å²) >= 11 is 0. The van der Waals surface area contributed by atoms with Crippen molar-refractivity contribution in [3.05, 3.63) is 28.7 Å². The number of halogens is 1. The lowest BCUT2D eigenvalue weighted by molar-refractivity contribution is 0.0608. The highest BCUT2D eigenvalue weighted by Crippen LogP contribution is 2.37. The maximum atomic E-state index is 13.1. The van der Waals surface area contributed by atoms with Gasteiger partial charge in [0, 0.05) is 31.0 Å². The Morgan fingerprint density at radius 3 is 2.56 bits per heavy atom. The normalized spacial score (nSPS) is 19.4. The van der Waals surface area contributed by atoms with Crippen molar-refractivity contribution in [2.45, 2.75) is 40.0 Å². The minimum absolute atomic E-state index is 0. The van der Waals surface area contributed by atoms with Crippen molar-refractivity contribution in [2.75, 3.05) is 26.2 Å². The lowest BCUT2D eigenvalue weighted by Gasteiger charge is -2.38. The molecule has 4 heterocycles. The summed E-state index contributed by atoms with van der Waals surface area (Å²) < 4.78 is 1.79. The van der Waals surface area contributed by atoms with Crippen LogP contribution in [0.15, 0.2) is 6.07 Å². The van der Waals surface area contributed by atoms with Crippen molar-refractivity contribution in [1.29, 1.82) is 0 Å². The molecule has 1 amide bonds. The van der Waals surface area contributed by atoms with Crippen LogP contribution in [0.5, 0.6) is 0 Å². The fourth-order valence-electron chi connectivity index (χ4n) is 4.24. The van der Waals surface area contributed by atoms with E-state index in [9.17, 15) is 4.79 Å². The monoisotopic (exact) mass is 363 g/mol. The molecule has 4 rings (SSSR count). The van der Waals surface area contributed by atoms with Crippen LogP contribution in [-0.4, -0.2) is 51.6 Å². The number of aryl methyl sites for hydroxylation is 3. The van der Waals surface area contributed by atoms with Crippen molar-refractivity contribution in [3.8, 4) is 0 Å². The van der Waals surface area contributed by atoms with Crippen molar-refractivity contribution in [3.63, 3.8) is 0 Å². The summed E-state index contributed by atoms with van der Waals surface area (Å²) in [7, 11) is 0. The van der Waals surface area contributed by atoms with Crippen LogP contribution >= 0.6 is 12.4 Å². The van der Waals surface area contributed by atoms with Crippen LogP contribution in [0.3, 0.4) is 0 Å². The summed E-state index contributed by atoms with van der Waals surface area (Å²) in [6, 6.07) is 1.99. The molecule has 2 aromatic heterocycles. The van der Waals surface area contributed by atoms with Gasteiger partial charge in [-0.3, -0.25) is 4.79 Å². The van der Waals surface area contributed by atoms with Gasteiger partial charge in [0.05, 0.1) is 5.69 Å². The predicted molar refractivity (Wildman–Crippen MR) is 99.5 cm³/mol. The lowest BCUT2D eigenvalue weighted by Crippen LogP contribution is -2.44. The van der Waals surface area contributed by atoms with Crippen LogP contribution in [0.1, 0.15) is 46.7 Å². The number of amides is 1. The van der Waals surface area contributed by atoms with E-state index < -0.39 is 0 Å². The summed E-state index contributed by atoms with van der Waals surface area (Å²) in [6.45, 7) is 9.75. The van der Waals surface area contributed by atoms with E-state index >= 15 is 0 Å². The first-order valence-corrected chi connectivity index (χ1v) is 8.83. The fourth-order valence-corrected chi connectivity index (χ4v) is 4.24. The quantitative estimate of drug-likeness (QED) is 0.844. The van der Waals surface area contributed by atoms with Crippen molar-refractivity contribution >= 4 is 24.0 Å². The number of aromatic nitrogens is 3. The zero-order chi connectivity index (χ0) is 16.9. The molecule has 25 heavy (non-hydrogen) atoms. The zero-order valence-electron chi connectivity index (χ0n) is 15.1. The molecule has 2 aliphatic heterocycles. The van der Waals surface area contributed by atoms with Crippen LogP contribution in [0.2, 0.25) is 0 Å². The Balaban J connectivity index is 0.00000182. The number of nitrogens with one attached hydrogen (secondary N) is 1. The second-order valence-corrected chi connectivity index (χ2v) is 7.45. The summed E-state index contributed by atoms with van der Waals surface area (Å²) in [5, 5.41) is 8.01. The summed E-state index contributed by atoms with van der Waals surface area (Å²) in [5.74, 6) is 0.0841. The topological polar surface area (TPSA) is 62.5 Å².